The zero-order chi connectivity index (χ0) is 17.4. The van der Waals surface area contributed by atoms with Crippen LogP contribution in [0.4, 0.5) is 0 Å². The molecule has 0 fully saturated rings. The van der Waals surface area contributed by atoms with E-state index in [1.807, 2.05) is 42.5 Å². The third kappa shape index (κ3) is 5.13. The van der Waals surface area contributed by atoms with Gasteiger partial charge in [0.25, 0.3) is 0 Å². The molecule has 0 N–H and O–H groups in total. The molecule has 0 atom stereocenters. The van der Waals surface area contributed by atoms with Gasteiger partial charge in [-0.25, -0.2) is 0 Å². The summed E-state index contributed by atoms with van der Waals surface area (Å²) in [6.45, 7) is 0.235. The second kappa shape index (κ2) is 9.13. The van der Waals surface area contributed by atoms with E-state index in [9.17, 15) is 4.79 Å². The molecule has 0 heterocycles. The summed E-state index contributed by atoms with van der Waals surface area (Å²) < 4.78 is 16.5. The summed E-state index contributed by atoms with van der Waals surface area (Å²) in [5.74, 6) is 0.875. The highest BCUT2D eigenvalue weighted by Gasteiger charge is 2.13. The molecule has 126 valence electrons. The van der Waals surface area contributed by atoms with Crippen LogP contribution in [0.1, 0.15) is 11.1 Å². The average Bonchev–Trinajstić information content (AvgIpc) is 2.61. The fourth-order valence-corrected chi connectivity index (χ4v) is 2.59. The third-order valence-corrected chi connectivity index (χ3v) is 4.08. The molecule has 0 aliphatic rings. The van der Waals surface area contributed by atoms with Gasteiger partial charge in [-0.05, 0) is 29.3 Å². The molecular formula is C19H19BrO4. The number of halogens is 1. The molecule has 2 aromatic carbocycles. The highest BCUT2D eigenvalue weighted by atomic mass is 79.9. The first-order valence-electron chi connectivity index (χ1n) is 7.41. The molecule has 0 amide bonds. The SMILES string of the molecule is COc1cc(Br)c(CC(=O)OC/C=C/c2ccccc2)cc1OC. The van der Waals surface area contributed by atoms with E-state index < -0.39 is 0 Å². The predicted molar refractivity (Wildman–Crippen MR) is 97.4 cm³/mol. The Morgan fingerprint density at radius 1 is 1.08 bits per heavy atom. The van der Waals surface area contributed by atoms with Crippen molar-refractivity contribution in [1.82, 2.24) is 0 Å². The second-order valence-electron chi connectivity index (χ2n) is 4.97. The van der Waals surface area contributed by atoms with E-state index in [-0.39, 0.29) is 19.0 Å². The van der Waals surface area contributed by atoms with E-state index in [2.05, 4.69) is 15.9 Å². The molecule has 0 spiro atoms. The van der Waals surface area contributed by atoms with Crippen LogP contribution in [0.3, 0.4) is 0 Å². The van der Waals surface area contributed by atoms with E-state index >= 15 is 0 Å². The molecule has 0 saturated carbocycles. The molecule has 0 unspecified atom stereocenters. The van der Waals surface area contributed by atoms with Gasteiger partial charge in [-0.2, -0.15) is 0 Å². The Bertz CT molecular complexity index is 711. The Hall–Kier alpha value is -2.27. The highest BCUT2D eigenvalue weighted by molar-refractivity contribution is 9.10. The van der Waals surface area contributed by atoms with Crippen molar-refractivity contribution in [2.75, 3.05) is 20.8 Å². The zero-order valence-electron chi connectivity index (χ0n) is 13.6. The number of carbonyl (C=O) groups is 1. The number of ether oxygens (including phenoxy) is 3. The van der Waals surface area contributed by atoms with Crippen molar-refractivity contribution in [3.63, 3.8) is 0 Å². The summed E-state index contributed by atoms with van der Waals surface area (Å²) in [6, 6.07) is 13.4. The number of rotatable bonds is 7. The number of benzene rings is 2. The van der Waals surface area contributed by atoms with Crippen LogP contribution in [0, 0.1) is 0 Å². The number of carbonyl (C=O) groups excluding carboxylic acids is 1. The molecule has 4 nitrogen and oxygen atoms in total. The van der Waals surface area contributed by atoms with E-state index in [1.165, 1.54) is 0 Å². The van der Waals surface area contributed by atoms with Crippen LogP contribution in [-0.4, -0.2) is 26.8 Å². The van der Waals surface area contributed by atoms with Crippen LogP contribution in [0.5, 0.6) is 11.5 Å². The molecule has 0 aliphatic carbocycles. The molecule has 0 radical (unpaired) electrons. The Labute approximate surface area is 150 Å². The van der Waals surface area contributed by atoms with Gasteiger partial charge >= 0.3 is 5.97 Å². The lowest BCUT2D eigenvalue weighted by molar-refractivity contribution is -0.141. The van der Waals surface area contributed by atoms with E-state index in [1.54, 1.807) is 26.4 Å². The van der Waals surface area contributed by atoms with E-state index in [0.717, 1.165) is 15.6 Å². The summed E-state index contributed by atoms with van der Waals surface area (Å²) in [7, 11) is 3.12. The molecule has 24 heavy (non-hydrogen) atoms. The van der Waals surface area contributed by atoms with Gasteiger partial charge in [0.05, 0.1) is 20.6 Å². The van der Waals surface area contributed by atoms with E-state index in [0.29, 0.717) is 11.5 Å². The van der Waals surface area contributed by atoms with Gasteiger partial charge < -0.3 is 14.2 Å². The van der Waals surface area contributed by atoms with Crippen molar-refractivity contribution in [2.24, 2.45) is 0 Å². The Morgan fingerprint density at radius 2 is 1.75 bits per heavy atom. The molecule has 2 aromatic rings. The highest BCUT2D eigenvalue weighted by Crippen LogP contribution is 2.33. The van der Waals surface area contributed by atoms with Crippen LogP contribution in [0.25, 0.3) is 6.08 Å². The number of hydrogen-bond acceptors (Lipinski definition) is 4. The first-order valence-corrected chi connectivity index (χ1v) is 8.21. The van der Waals surface area contributed by atoms with Crippen LogP contribution in [0.2, 0.25) is 0 Å². The van der Waals surface area contributed by atoms with Crippen molar-refractivity contribution >= 4 is 28.0 Å². The molecular weight excluding hydrogens is 372 g/mol. The van der Waals surface area contributed by atoms with Gasteiger partial charge in [0.2, 0.25) is 0 Å². The van der Waals surface area contributed by atoms with Crippen molar-refractivity contribution in [3.8, 4) is 11.5 Å². The summed E-state index contributed by atoms with van der Waals surface area (Å²) in [5.41, 5.74) is 1.85. The molecule has 0 bridgehead atoms. The van der Waals surface area contributed by atoms with Crippen LogP contribution in [-0.2, 0) is 16.0 Å². The quantitative estimate of drug-likeness (QED) is 0.662. The fraction of sp³-hybridized carbons (Fsp3) is 0.211. The first-order chi connectivity index (χ1) is 11.6. The van der Waals surface area contributed by atoms with Crippen molar-refractivity contribution in [1.29, 1.82) is 0 Å². The number of hydrogen-bond donors (Lipinski definition) is 0. The van der Waals surface area contributed by atoms with Gasteiger partial charge in [0.15, 0.2) is 11.5 Å². The van der Waals surface area contributed by atoms with Gasteiger partial charge in [-0.3, -0.25) is 4.79 Å². The van der Waals surface area contributed by atoms with Gasteiger partial charge in [0.1, 0.15) is 6.61 Å². The number of methoxy groups -OCH3 is 2. The topological polar surface area (TPSA) is 44.8 Å². The van der Waals surface area contributed by atoms with Gasteiger partial charge in [-0.15, -0.1) is 0 Å². The summed E-state index contributed by atoms with van der Waals surface area (Å²) in [5, 5.41) is 0. The van der Waals surface area contributed by atoms with Crippen molar-refractivity contribution in [3.05, 3.63) is 64.1 Å². The first kappa shape index (κ1) is 18.1. The maximum Gasteiger partial charge on any atom is 0.310 e. The zero-order valence-corrected chi connectivity index (χ0v) is 15.2. The Balaban J connectivity index is 1.91. The van der Waals surface area contributed by atoms with Crippen LogP contribution in [0.15, 0.2) is 53.0 Å². The maximum absolute atomic E-state index is 12.0. The monoisotopic (exact) mass is 390 g/mol. The fourth-order valence-electron chi connectivity index (χ4n) is 2.13. The molecule has 0 aliphatic heterocycles. The standard InChI is InChI=1S/C19H19BrO4/c1-22-17-11-15(16(20)13-18(17)23-2)12-19(21)24-10-6-9-14-7-4-3-5-8-14/h3-9,11,13H,10,12H2,1-2H3/b9-6+. The molecule has 0 aromatic heterocycles. The van der Waals surface area contributed by atoms with Crippen molar-refractivity contribution < 1.29 is 19.0 Å². The number of esters is 1. The molecule has 0 saturated heterocycles. The van der Waals surface area contributed by atoms with Crippen LogP contribution < -0.4 is 9.47 Å². The Morgan fingerprint density at radius 3 is 2.42 bits per heavy atom. The lowest BCUT2D eigenvalue weighted by Crippen LogP contribution is -2.08. The molecule has 5 heteroatoms. The van der Waals surface area contributed by atoms with E-state index in [4.69, 9.17) is 14.2 Å². The normalized spacial score (nSPS) is 10.6. The van der Waals surface area contributed by atoms with Gasteiger partial charge in [0, 0.05) is 4.47 Å². The third-order valence-electron chi connectivity index (χ3n) is 3.34. The smallest absolute Gasteiger partial charge is 0.310 e. The Kier molecular flexibility index (Phi) is 6.88. The minimum atomic E-state index is -0.305. The average molecular weight is 391 g/mol. The maximum atomic E-state index is 12.0. The molecule has 2 rings (SSSR count). The van der Waals surface area contributed by atoms with Crippen LogP contribution >= 0.6 is 15.9 Å². The summed E-state index contributed by atoms with van der Waals surface area (Å²) in [4.78, 5) is 12.0. The predicted octanol–water partition coefficient (Wildman–Crippen LogP) is 4.27. The van der Waals surface area contributed by atoms with Gasteiger partial charge in [-0.1, -0.05) is 52.3 Å². The second-order valence-corrected chi connectivity index (χ2v) is 5.83. The lowest BCUT2D eigenvalue weighted by Gasteiger charge is -2.11. The lowest BCUT2D eigenvalue weighted by atomic mass is 10.1. The summed E-state index contributed by atoms with van der Waals surface area (Å²) >= 11 is 3.43. The minimum absolute atomic E-state index is 0.153. The summed E-state index contributed by atoms with van der Waals surface area (Å²) in [6.07, 6.45) is 3.89. The minimum Gasteiger partial charge on any atom is -0.493 e. The van der Waals surface area contributed by atoms with Crippen molar-refractivity contribution in [2.45, 2.75) is 6.42 Å². The largest absolute Gasteiger partial charge is 0.493 e.